The number of nitrogens with zero attached hydrogens (tertiary/aromatic N) is 1. The normalized spacial score (nSPS) is 14.1. The Hall–Kier alpha value is -1.25. The minimum atomic E-state index is -3.89. The van der Waals surface area contributed by atoms with Crippen LogP contribution < -0.4 is 0 Å². The average Bonchev–Trinajstić information content (AvgIpc) is 2.59. The molecule has 2 rings (SSSR count). The number of hydrogen-bond acceptors (Lipinski definition) is 5. The molecule has 0 amide bonds. The monoisotopic (exact) mass is 441 g/mol. The van der Waals surface area contributed by atoms with Crippen molar-refractivity contribution in [3.05, 3.63) is 58.9 Å². The van der Waals surface area contributed by atoms with Crippen molar-refractivity contribution in [3.8, 4) is 0 Å². The van der Waals surface area contributed by atoms with Crippen molar-refractivity contribution in [2.24, 2.45) is 0 Å². The highest BCUT2D eigenvalue weighted by molar-refractivity contribution is 7.86. The molecule has 0 aliphatic rings. The standard InChI is InChI=1S/C20H28ClNO4SSi/c1-15-7-10-17(11-8-15)27(23,24)25-14-18(16-9-12-19(21)22-13-16)26-28(5,6)20(2,3)4/h7-13,18H,14H2,1-6H3/t18-/m0/s1. The smallest absolute Gasteiger partial charge is 0.297 e. The van der Waals surface area contributed by atoms with E-state index in [1.807, 2.05) is 6.92 Å². The van der Waals surface area contributed by atoms with Gasteiger partial charge in [0, 0.05) is 11.8 Å². The largest absolute Gasteiger partial charge is 0.407 e. The third kappa shape index (κ3) is 5.87. The van der Waals surface area contributed by atoms with Gasteiger partial charge in [-0.05, 0) is 43.3 Å². The Kier molecular flexibility index (Phi) is 7.10. The molecule has 1 atom stereocenters. The second kappa shape index (κ2) is 8.63. The quantitative estimate of drug-likeness (QED) is 0.322. The van der Waals surface area contributed by atoms with E-state index < -0.39 is 24.5 Å². The molecule has 0 N–H and O–H groups in total. The summed E-state index contributed by atoms with van der Waals surface area (Å²) in [7, 11) is -6.07. The zero-order valence-corrected chi connectivity index (χ0v) is 19.8. The molecule has 0 saturated carbocycles. The van der Waals surface area contributed by atoms with Crippen LogP contribution in [-0.4, -0.2) is 28.3 Å². The van der Waals surface area contributed by atoms with E-state index in [4.69, 9.17) is 20.2 Å². The van der Waals surface area contributed by atoms with E-state index in [1.54, 1.807) is 30.5 Å². The van der Waals surface area contributed by atoms with Gasteiger partial charge in [0.05, 0.1) is 17.6 Å². The zero-order valence-electron chi connectivity index (χ0n) is 17.2. The zero-order chi connectivity index (χ0) is 21.2. The molecule has 1 aromatic carbocycles. The number of halogens is 1. The molecule has 0 fully saturated rings. The fourth-order valence-corrected chi connectivity index (χ4v) is 4.52. The maximum atomic E-state index is 12.6. The molecule has 5 nitrogen and oxygen atoms in total. The van der Waals surface area contributed by atoms with Gasteiger partial charge in [-0.3, -0.25) is 4.18 Å². The lowest BCUT2D eigenvalue weighted by Gasteiger charge is -2.39. The number of benzene rings is 1. The minimum absolute atomic E-state index is 0.0407. The summed E-state index contributed by atoms with van der Waals surface area (Å²) in [6.45, 7) is 12.4. The lowest BCUT2D eigenvalue weighted by Crippen LogP contribution is -2.42. The molecule has 1 heterocycles. The van der Waals surface area contributed by atoms with Gasteiger partial charge in [0.15, 0.2) is 8.32 Å². The number of hydrogen-bond donors (Lipinski definition) is 0. The van der Waals surface area contributed by atoms with Gasteiger partial charge < -0.3 is 4.43 Å². The molecule has 28 heavy (non-hydrogen) atoms. The van der Waals surface area contributed by atoms with E-state index in [2.05, 4.69) is 38.8 Å². The first-order valence-electron chi connectivity index (χ1n) is 9.07. The lowest BCUT2D eigenvalue weighted by molar-refractivity contribution is 0.118. The van der Waals surface area contributed by atoms with Crippen molar-refractivity contribution >= 4 is 30.0 Å². The first kappa shape index (κ1) is 23.0. The molecule has 8 heteroatoms. The van der Waals surface area contributed by atoms with Gasteiger partial charge >= 0.3 is 0 Å². The summed E-state index contributed by atoms with van der Waals surface area (Å²) in [4.78, 5) is 4.22. The highest BCUT2D eigenvalue weighted by Gasteiger charge is 2.40. The number of pyridine rings is 1. The van der Waals surface area contributed by atoms with E-state index in [9.17, 15) is 8.42 Å². The number of aromatic nitrogens is 1. The first-order valence-corrected chi connectivity index (χ1v) is 13.8. The van der Waals surface area contributed by atoms with Crippen LogP contribution in [0.25, 0.3) is 0 Å². The summed E-state index contributed by atoms with van der Waals surface area (Å²) in [5.41, 5.74) is 1.71. The van der Waals surface area contributed by atoms with Crippen LogP contribution in [0.3, 0.4) is 0 Å². The fraction of sp³-hybridized carbons (Fsp3) is 0.450. The molecule has 0 saturated heterocycles. The van der Waals surface area contributed by atoms with Crippen molar-refractivity contribution in [3.63, 3.8) is 0 Å². The highest BCUT2D eigenvalue weighted by atomic mass is 35.5. The van der Waals surface area contributed by atoms with Crippen LogP contribution in [0.5, 0.6) is 0 Å². The second-order valence-electron chi connectivity index (χ2n) is 8.33. The Balaban J connectivity index is 2.26. The van der Waals surface area contributed by atoms with Crippen molar-refractivity contribution < 1.29 is 17.0 Å². The van der Waals surface area contributed by atoms with E-state index >= 15 is 0 Å². The van der Waals surface area contributed by atoms with E-state index in [-0.39, 0.29) is 16.5 Å². The van der Waals surface area contributed by atoms with Crippen LogP contribution in [0.1, 0.15) is 38.0 Å². The third-order valence-corrected chi connectivity index (χ3v) is 11.1. The van der Waals surface area contributed by atoms with Crippen LogP contribution in [-0.2, 0) is 18.7 Å². The Bertz CT molecular complexity index is 891. The van der Waals surface area contributed by atoms with Gasteiger partial charge in [-0.2, -0.15) is 8.42 Å². The van der Waals surface area contributed by atoms with Crippen LogP contribution >= 0.6 is 11.6 Å². The average molecular weight is 442 g/mol. The molecule has 0 spiro atoms. The highest BCUT2D eigenvalue weighted by Crippen LogP contribution is 2.40. The van der Waals surface area contributed by atoms with Gasteiger partial charge in [0.2, 0.25) is 0 Å². The summed E-state index contributed by atoms with van der Waals surface area (Å²) in [5, 5.41) is 0.323. The molecule has 2 aromatic rings. The summed E-state index contributed by atoms with van der Waals surface area (Å²) in [5.74, 6) is 0. The van der Waals surface area contributed by atoms with Gasteiger partial charge in [0.25, 0.3) is 10.1 Å². The van der Waals surface area contributed by atoms with Crippen LogP contribution in [0.4, 0.5) is 0 Å². The van der Waals surface area contributed by atoms with E-state index in [1.165, 1.54) is 12.1 Å². The maximum absolute atomic E-state index is 12.6. The molecule has 154 valence electrons. The van der Waals surface area contributed by atoms with E-state index in [0.717, 1.165) is 11.1 Å². The van der Waals surface area contributed by atoms with E-state index in [0.29, 0.717) is 5.15 Å². The van der Waals surface area contributed by atoms with Crippen LogP contribution in [0, 0.1) is 6.92 Å². The lowest BCUT2D eigenvalue weighted by atomic mass is 10.2. The Morgan fingerprint density at radius 2 is 1.71 bits per heavy atom. The molecule has 0 bridgehead atoms. The van der Waals surface area contributed by atoms with Gasteiger partial charge in [-0.1, -0.05) is 56.1 Å². The van der Waals surface area contributed by atoms with Crippen molar-refractivity contribution in [2.75, 3.05) is 6.61 Å². The maximum Gasteiger partial charge on any atom is 0.297 e. The molecule has 0 aliphatic heterocycles. The van der Waals surface area contributed by atoms with Gasteiger partial charge in [-0.15, -0.1) is 0 Å². The Morgan fingerprint density at radius 3 is 2.21 bits per heavy atom. The summed E-state index contributed by atoms with van der Waals surface area (Å²) in [6.07, 6.45) is 1.04. The first-order chi connectivity index (χ1) is 12.8. The SMILES string of the molecule is Cc1ccc(S(=O)(=O)OC[C@H](O[Si](C)(C)C(C)(C)C)c2ccc(Cl)nc2)cc1. The molecule has 1 aromatic heterocycles. The third-order valence-electron chi connectivity index (χ3n) is 5.05. The summed E-state index contributed by atoms with van der Waals surface area (Å²) < 4.78 is 37.0. The van der Waals surface area contributed by atoms with Gasteiger partial charge in [-0.25, -0.2) is 4.98 Å². The molecule has 0 aliphatic carbocycles. The molecule has 0 radical (unpaired) electrons. The number of aryl methyl sites for hydroxylation is 1. The predicted octanol–water partition coefficient (Wildman–Crippen LogP) is 5.51. The fourth-order valence-electron chi connectivity index (χ4n) is 2.23. The summed E-state index contributed by atoms with van der Waals surface area (Å²) >= 11 is 5.89. The molecular weight excluding hydrogens is 414 g/mol. The topological polar surface area (TPSA) is 65.5 Å². The molecule has 0 unspecified atom stereocenters. The second-order valence-corrected chi connectivity index (χ2v) is 15.1. The summed E-state index contributed by atoms with van der Waals surface area (Å²) in [6, 6.07) is 10.0. The molecular formula is C20H28ClNO4SSi. The van der Waals surface area contributed by atoms with Crippen molar-refractivity contribution in [1.29, 1.82) is 0 Å². The van der Waals surface area contributed by atoms with Crippen molar-refractivity contribution in [1.82, 2.24) is 4.98 Å². The van der Waals surface area contributed by atoms with Crippen LogP contribution in [0.2, 0.25) is 23.3 Å². The minimum Gasteiger partial charge on any atom is -0.407 e. The van der Waals surface area contributed by atoms with Crippen molar-refractivity contribution in [2.45, 2.75) is 56.8 Å². The predicted molar refractivity (Wildman–Crippen MR) is 115 cm³/mol. The number of rotatable bonds is 7. The van der Waals surface area contributed by atoms with Gasteiger partial charge in [0.1, 0.15) is 5.15 Å². The van der Waals surface area contributed by atoms with Crippen LogP contribution in [0.15, 0.2) is 47.5 Å². The Labute approximate surface area is 174 Å². The Morgan fingerprint density at radius 1 is 1.11 bits per heavy atom.